The van der Waals surface area contributed by atoms with Crippen LogP contribution in [0.4, 0.5) is 0 Å². The first-order chi connectivity index (χ1) is 8.65. The van der Waals surface area contributed by atoms with Crippen LogP contribution in [-0.4, -0.2) is 25.1 Å². The van der Waals surface area contributed by atoms with Gasteiger partial charge in [-0.25, -0.2) is 0 Å². The summed E-state index contributed by atoms with van der Waals surface area (Å²) in [5.74, 6) is 1.21. The normalized spacial score (nSPS) is 17.0. The van der Waals surface area contributed by atoms with Crippen molar-refractivity contribution < 1.29 is 4.74 Å². The highest BCUT2D eigenvalue weighted by Gasteiger charge is 2.20. The summed E-state index contributed by atoms with van der Waals surface area (Å²) in [4.78, 5) is 4.17. The summed E-state index contributed by atoms with van der Waals surface area (Å²) in [6.07, 6.45) is 1.07. The molecular weight excluding hydrogens is 224 g/mol. The first-order valence-corrected chi connectivity index (χ1v) is 6.59. The maximum Gasteiger partial charge on any atom is 0.201 e. The van der Waals surface area contributed by atoms with Crippen molar-refractivity contribution in [1.29, 1.82) is 0 Å². The van der Waals surface area contributed by atoms with E-state index in [1.165, 1.54) is 5.56 Å². The second kappa shape index (κ2) is 7.88. The van der Waals surface area contributed by atoms with Gasteiger partial charge in [0.15, 0.2) is 0 Å². The van der Waals surface area contributed by atoms with Crippen LogP contribution in [0.2, 0.25) is 0 Å². The van der Waals surface area contributed by atoms with Gasteiger partial charge in [-0.1, -0.05) is 56.2 Å². The smallest absolute Gasteiger partial charge is 0.201 e. The average molecular weight is 248 g/mol. The van der Waals surface area contributed by atoms with Gasteiger partial charge in [-0.3, -0.25) is 4.99 Å². The van der Waals surface area contributed by atoms with Gasteiger partial charge in [0.2, 0.25) is 5.90 Å². The molecule has 1 aromatic carbocycles. The summed E-state index contributed by atoms with van der Waals surface area (Å²) in [5, 5.41) is 0. The zero-order valence-corrected chi connectivity index (χ0v) is 11.6. The molecule has 0 fully saturated rings. The molecule has 100 valence electrons. The minimum atomic E-state index is 0.00231. The van der Waals surface area contributed by atoms with Gasteiger partial charge in [-0.2, -0.15) is 0 Å². The molecule has 2 N–H and O–H groups in total. The molecule has 1 aromatic rings. The molecule has 1 aliphatic heterocycles. The molecule has 2 rings (SSSR count). The summed E-state index contributed by atoms with van der Waals surface area (Å²) in [7, 11) is 0. The molecule has 1 unspecified atom stereocenters. The fourth-order valence-corrected chi connectivity index (χ4v) is 1.59. The molecule has 0 bridgehead atoms. The molecule has 0 aromatic heterocycles. The number of hydrogen-bond donors (Lipinski definition) is 1. The van der Waals surface area contributed by atoms with Crippen LogP contribution in [0.1, 0.15) is 25.8 Å². The molecule has 1 heterocycles. The molecule has 0 saturated heterocycles. The van der Waals surface area contributed by atoms with E-state index in [4.69, 9.17) is 10.5 Å². The Morgan fingerprint density at radius 2 is 2.00 bits per heavy atom. The Bertz CT molecular complexity index is 362. The van der Waals surface area contributed by atoms with E-state index in [9.17, 15) is 0 Å². The second-order valence-electron chi connectivity index (χ2n) is 4.63. The van der Waals surface area contributed by atoms with Crippen LogP contribution in [0, 0.1) is 12.8 Å². The van der Waals surface area contributed by atoms with Gasteiger partial charge in [-0.15, -0.1) is 0 Å². The lowest BCUT2D eigenvalue weighted by molar-refractivity contribution is 0.318. The van der Waals surface area contributed by atoms with E-state index in [0.29, 0.717) is 12.5 Å². The van der Waals surface area contributed by atoms with Crippen molar-refractivity contribution in [1.82, 2.24) is 0 Å². The van der Waals surface area contributed by atoms with Gasteiger partial charge in [0, 0.05) is 0 Å². The van der Waals surface area contributed by atoms with Gasteiger partial charge in [0.1, 0.15) is 6.61 Å². The Hall–Kier alpha value is -1.35. The largest absolute Gasteiger partial charge is 0.478 e. The van der Waals surface area contributed by atoms with E-state index < -0.39 is 0 Å². The standard InChI is InChI=1S/C8H16N2O.C7H8/c1-3-6(2)7(9)8-10-4-5-11-8;1-7-5-3-2-4-6-7/h6-7H,3-5,9H2,1-2H3;2-6H,1H3/t6-,7?;/m0./s1. The van der Waals surface area contributed by atoms with Crippen molar-refractivity contribution in [3.05, 3.63) is 35.9 Å². The third kappa shape index (κ3) is 4.88. The van der Waals surface area contributed by atoms with Gasteiger partial charge in [-0.05, 0) is 12.8 Å². The van der Waals surface area contributed by atoms with Crippen molar-refractivity contribution in [3.8, 4) is 0 Å². The van der Waals surface area contributed by atoms with E-state index in [1.807, 2.05) is 18.2 Å². The van der Waals surface area contributed by atoms with Crippen LogP contribution >= 0.6 is 0 Å². The van der Waals surface area contributed by atoms with Crippen LogP contribution in [0.3, 0.4) is 0 Å². The topological polar surface area (TPSA) is 47.6 Å². The van der Waals surface area contributed by atoms with Crippen molar-refractivity contribution >= 4 is 5.90 Å². The van der Waals surface area contributed by atoms with E-state index in [1.54, 1.807) is 0 Å². The predicted octanol–water partition coefficient (Wildman–Crippen LogP) is 2.78. The van der Waals surface area contributed by atoms with Crippen LogP contribution in [0.15, 0.2) is 35.3 Å². The fourth-order valence-electron chi connectivity index (χ4n) is 1.59. The molecule has 0 saturated carbocycles. The quantitative estimate of drug-likeness (QED) is 0.894. The number of hydrogen-bond acceptors (Lipinski definition) is 3. The van der Waals surface area contributed by atoms with Crippen molar-refractivity contribution in [2.45, 2.75) is 33.2 Å². The first-order valence-electron chi connectivity index (χ1n) is 6.59. The molecule has 0 spiro atoms. The van der Waals surface area contributed by atoms with Gasteiger partial charge in [0.05, 0.1) is 12.6 Å². The Morgan fingerprint density at radius 1 is 1.33 bits per heavy atom. The lowest BCUT2D eigenvalue weighted by atomic mass is 10.0. The summed E-state index contributed by atoms with van der Waals surface area (Å²) < 4.78 is 5.26. The number of benzene rings is 1. The van der Waals surface area contributed by atoms with E-state index in [0.717, 1.165) is 18.9 Å². The van der Waals surface area contributed by atoms with Crippen LogP contribution in [-0.2, 0) is 4.74 Å². The highest BCUT2D eigenvalue weighted by Crippen LogP contribution is 2.10. The van der Waals surface area contributed by atoms with Gasteiger partial charge in [0.25, 0.3) is 0 Å². The van der Waals surface area contributed by atoms with Crippen LogP contribution in [0.25, 0.3) is 0 Å². The molecule has 0 radical (unpaired) electrons. The second-order valence-corrected chi connectivity index (χ2v) is 4.63. The molecule has 3 nitrogen and oxygen atoms in total. The molecule has 2 atom stereocenters. The summed E-state index contributed by atoms with van der Waals surface area (Å²) in [6.45, 7) is 7.81. The van der Waals surface area contributed by atoms with Crippen molar-refractivity contribution in [2.24, 2.45) is 16.6 Å². The Morgan fingerprint density at radius 3 is 2.39 bits per heavy atom. The number of aliphatic imine (C=N–C) groups is 1. The van der Waals surface area contributed by atoms with Crippen LogP contribution < -0.4 is 5.73 Å². The third-order valence-electron chi connectivity index (χ3n) is 3.09. The van der Waals surface area contributed by atoms with Gasteiger partial charge < -0.3 is 10.5 Å². The molecule has 18 heavy (non-hydrogen) atoms. The maximum absolute atomic E-state index is 5.88. The fraction of sp³-hybridized carbons (Fsp3) is 0.533. The minimum Gasteiger partial charge on any atom is -0.478 e. The molecular formula is C15H24N2O. The third-order valence-corrected chi connectivity index (χ3v) is 3.09. The zero-order chi connectivity index (χ0) is 13.4. The molecule has 0 amide bonds. The monoisotopic (exact) mass is 248 g/mol. The molecule has 0 aliphatic carbocycles. The van der Waals surface area contributed by atoms with Crippen molar-refractivity contribution in [2.75, 3.05) is 13.2 Å². The lowest BCUT2D eigenvalue weighted by Gasteiger charge is -2.17. The van der Waals surface area contributed by atoms with E-state index in [-0.39, 0.29) is 6.04 Å². The number of ether oxygens (including phenoxy) is 1. The zero-order valence-electron chi connectivity index (χ0n) is 11.6. The Kier molecular flexibility index (Phi) is 6.44. The Balaban J connectivity index is 0.000000199. The van der Waals surface area contributed by atoms with Gasteiger partial charge >= 0.3 is 0 Å². The summed E-state index contributed by atoms with van der Waals surface area (Å²) in [6, 6.07) is 10.3. The van der Waals surface area contributed by atoms with E-state index >= 15 is 0 Å². The highest BCUT2D eigenvalue weighted by molar-refractivity contribution is 5.82. The number of nitrogens with two attached hydrogens (primary N) is 1. The predicted molar refractivity (Wildman–Crippen MR) is 76.9 cm³/mol. The molecule has 1 aliphatic rings. The summed E-state index contributed by atoms with van der Waals surface area (Å²) >= 11 is 0. The first kappa shape index (κ1) is 14.7. The Labute approximate surface area is 110 Å². The lowest BCUT2D eigenvalue weighted by Crippen LogP contribution is -2.36. The SMILES string of the molecule is CC[C@H](C)C(N)C1=NCCO1.Cc1ccccc1. The number of aryl methyl sites for hydroxylation is 1. The number of nitrogens with zero attached hydrogens (tertiary/aromatic N) is 1. The average Bonchev–Trinajstić information content (AvgIpc) is 2.92. The summed E-state index contributed by atoms with van der Waals surface area (Å²) in [5.41, 5.74) is 7.20. The molecule has 3 heteroatoms. The van der Waals surface area contributed by atoms with E-state index in [2.05, 4.69) is 37.9 Å². The van der Waals surface area contributed by atoms with Crippen LogP contribution in [0.5, 0.6) is 0 Å². The minimum absolute atomic E-state index is 0.00231. The highest BCUT2D eigenvalue weighted by atomic mass is 16.5. The number of rotatable bonds is 3. The van der Waals surface area contributed by atoms with Crippen molar-refractivity contribution in [3.63, 3.8) is 0 Å². The maximum atomic E-state index is 5.88.